The number of imidazole rings is 1. The third-order valence-corrected chi connectivity index (χ3v) is 3.51. The summed E-state index contributed by atoms with van der Waals surface area (Å²) in [5.41, 5.74) is 3.53. The molecule has 4 heteroatoms. The zero-order valence-electron chi connectivity index (χ0n) is 11.8. The lowest BCUT2D eigenvalue weighted by molar-refractivity contribution is 0.806. The van der Waals surface area contributed by atoms with Gasteiger partial charge in [0.15, 0.2) is 0 Å². The lowest BCUT2D eigenvalue weighted by Crippen LogP contribution is -2.21. The Balaban J connectivity index is 2.27. The van der Waals surface area contributed by atoms with Gasteiger partial charge in [0.1, 0.15) is 0 Å². The molecule has 0 unspecified atom stereocenters. The Morgan fingerprint density at radius 2 is 1.90 bits per heavy atom. The van der Waals surface area contributed by atoms with Crippen molar-refractivity contribution in [3.8, 4) is 11.3 Å². The van der Waals surface area contributed by atoms with Crippen LogP contribution >= 0.6 is 0 Å². The number of aromatic nitrogens is 3. The fourth-order valence-corrected chi connectivity index (χ4v) is 2.57. The van der Waals surface area contributed by atoms with Gasteiger partial charge in [-0.05, 0) is 18.4 Å². The molecule has 4 nitrogen and oxygen atoms in total. The average Bonchev–Trinajstić information content (AvgIpc) is 2.83. The van der Waals surface area contributed by atoms with Crippen molar-refractivity contribution in [3.05, 3.63) is 58.1 Å². The largest absolute Gasteiger partial charge is 0.323 e. The Bertz CT molecular complexity index is 813. The van der Waals surface area contributed by atoms with Crippen molar-refractivity contribution in [3.63, 3.8) is 0 Å². The monoisotopic (exact) mass is 267 g/mol. The maximum Gasteiger partial charge on any atom is 0.262 e. The van der Waals surface area contributed by atoms with Gasteiger partial charge in [-0.1, -0.05) is 44.2 Å². The Hall–Kier alpha value is -2.36. The molecule has 0 bridgehead atoms. The third-order valence-electron chi connectivity index (χ3n) is 3.51. The topological polar surface area (TPSA) is 50.2 Å². The maximum atomic E-state index is 12.5. The normalized spacial score (nSPS) is 11.4. The van der Waals surface area contributed by atoms with Gasteiger partial charge in [-0.15, -0.1) is 0 Å². The van der Waals surface area contributed by atoms with Crippen LogP contribution in [0.5, 0.6) is 0 Å². The van der Waals surface area contributed by atoms with Crippen LogP contribution in [0.15, 0.2) is 41.3 Å². The van der Waals surface area contributed by atoms with Gasteiger partial charge in [0.2, 0.25) is 5.78 Å². The second kappa shape index (κ2) is 4.63. The summed E-state index contributed by atoms with van der Waals surface area (Å²) in [6.45, 7) is 5.92. The zero-order chi connectivity index (χ0) is 14.3. The van der Waals surface area contributed by atoms with E-state index in [0.29, 0.717) is 5.78 Å². The van der Waals surface area contributed by atoms with Crippen molar-refractivity contribution in [2.75, 3.05) is 0 Å². The number of H-pyrrole nitrogens is 1. The van der Waals surface area contributed by atoms with E-state index in [9.17, 15) is 4.79 Å². The summed E-state index contributed by atoms with van der Waals surface area (Å²) in [5, 5.41) is 0. The lowest BCUT2D eigenvalue weighted by Gasteiger charge is -2.07. The van der Waals surface area contributed by atoms with E-state index in [1.54, 1.807) is 4.40 Å². The molecule has 2 heterocycles. The fraction of sp³-hybridized carbons (Fsp3) is 0.250. The second-order valence-corrected chi connectivity index (χ2v) is 5.30. The molecule has 3 aromatic rings. The van der Waals surface area contributed by atoms with Gasteiger partial charge in [0, 0.05) is 11.8 Å². The summed E-state index contributed by atoms with van der Waals surface area (Å²) in [7, 11) is 0. The predicted molar refractivity (Wildman–Crippen MR) is 80.1 cm³/mol. The lowest BCUT2D eigenvalue weighted by atomic mass is 10.0. The minimum absolute atomic E-state index is 0.0148. The number of aromatic amines is 1. The minimum Gasteiger partial charge on any atom is -0.323 e. The highest BCUT2D eigenvalue weighted by Gasteiger charge is 2.14. The first-order valence-electron chi connectivity index (χ1n) is 6.75. The van der Waals surface area contributed by atoms with E-state index in [1.165, 1.54) is 0 Å². The first kappa shape index (κ1) is 12.7. The number of rotatable bonds is 2. The molecule has 102 valence electrons. The van der Waals surface area contributed by atoms with Gasteiger partial charge >= 0.3 is 0 Å². The van der Waals surface area contributed by atoms with E-state index in [4.69, 9.17) is 0 Å². The fourth-order valence-electron chi connectivity index (χ4n) is 2.57. The van der Waals surface area contributed by atoms with Gasteiger partial charge in [-0.3, -0.25) is 9.20 Å². The van der Waals surface area contributed by atoms with Crippen LogP contribution in [0.1, 0.15) is 31.0 Å². The standard InChI is InChI=1S/C16H17N3O/c1-10(2)14-11(3)17-16-18-13(9-19(16)15(14)20)12-7-5-4-6-8-12/h4-10H,1-3H3,(H,17,18). The molecule has 0 aliphatic carbocycles. The predicted octanol–water partition coefficient (Wildman–Crippen LogP) is 3.12. The summed E-state index contributed by atoms with van der Waals surface area (Å²) in [4.78, 5) is 20.3. The molecule has 3 rings (SSSR count). The van der Waals surface area contributed by atoms with Crippen molar-refractivity contribution in [2.24, 2.45) is 0 Å². The Kier molecular flexibility index (Phi) is 2.93. The van der Waals surface area contributed by atoms with Crippen molar-refractivity contribution in [1.29, 1.82) is 0 Å². The number of nitrogens with zero attached hydrogens (tertiary/aromatic N) is 2. The van der Waals surface area contributed by atoms with Gasteiger partial charge < -0.3 is 4.98 Å². The maximum absolute atomic E-state index is 12.5. The van der Waals surface area contributed by atoms with Gasteiger partial charge in [0.25, 0.3) is 5.56 Å². The SMILES string of the molecule is Cc1nc2[nH]c(-c3ccccc3)cn2c(=O)c1C(C)C. The molecule has 0 atom stereocenters. The molecule has 0 radical (unpaired) electrons. The molecule has 0 aliphatic heterocycles. The van der Waals surface area contributed by atoms with Gasteiger partial charge in [-0.2, -0.15) is 0 Å². The molecule has 0 saturated heterocycles. The summed E-state index contributed by atoms with van der Waals surface area (Å²) < 4.78 is 1.60. The zero-order valence-corrected chi connectivity index (χ0v) is 11.8. The van der Waals surface area contributed by atoms with Crippen LogP contribution in [0.4, 0.5) is 0 Å². The number of aryl methyl sites for hydroxylation is 1. The number of fused-ring (bicyclic) bond motifs is 1. The highest BCUT2D eigenvalue weighted by molar-refractivity contribution is 5.61. The van der Waals surface area contributed by atoms with Gasteiger partial charge in [0.05, 0.1) is 11.4 Å². The molecule has 0 amide bonds. The third kappa shape index (κ3) is 1.93. The van der Waals surface area contributed by atoms with Crippen molar-refractivity contribution < 1.29 is 0 Å². The van der Waals surface area contributed by atoms with Gasteiger partial charge in [-0.25, -0.2) is 4.98 Å². The molecule has 0 saturated carbocycles. The summed E-state index contributed by atoms with van der Waals surface area (Å²) in [6.07, 6.45) is 1.82. The Labute approximate surface area is 117 Å². The highest BCUT2D eigenvalue weighted by atomic mass is 16.1. The van der Waals surface area contributed by atoms with E-state index in [2.05, 4.69) is 9.97 Å². The molecule has 0 fully saturated rings. The van der Waals surface area contributed by atoms with Crippen LogP contribution in [-0.4, -0.2) is 14.4 Å². The summed E-state index contributed by atoms with van der Waals surface area (Å²) in [6, 6.07) is 9.93. The van der Waals surface area contributed by atoms with Crippen LogP contribution in [0.25, 0.3) is 17.0 Å². The van der Waals surface area contributed by atoms with Crippen molar-refractivity contribution in [1.82, 2.24) is 14.4 Å². The molecule has 2 aromatic heterocycles. The average molecular weight is 267 g/mol. The first-order chi connectivity index (χ1) is 9.58. The number of hydrogen-bond donors (Lipinski definition) is 1. The van der Waals surface area contributed by atoms with Crippen LogP contribution in [0, 0.1) is 6.92 Å². The van der Waals surface area contributed by atoms with E-state index in [-0.39, 0.29) is 11.5 Å². The molecule has 0 spiro atoms. The number of benzene rings is 1. The van der Waals surface area contributed by atoms with E-state index in [1.807, 2.05) is 57.3 Å². The van der Waals surface area contributed by atoms with Crippen LogP contribution < -0.4 is 5.56 Å². The Morgan fingerprint density at radius 1 is 1.20 bits per heavy atom. The summed E-state index contributed by atoms with van der Waals surface area (Å²) in [5.74, 6) is 0.762. The van der Waals surface area contributed by atoms with Crippen LogP contribution in [-0.2, 0) is 0 Å². The first-order valence-corrected chi connectivity index (χ1v) is 6.75. The molecule has 1 aromatic carbocycles. The Morgan fingerprint density at radius 3 is 2.55 bits per heavy atom. The second-order valence-electron chi connectivity index (χ2n) is 5.30. The van der Waals surface area contributed by atoms with Crippen LogP contribution in [0.3, 0.4) is 0 Å². The smallest absolute Gasteiger partial charge is 0.262 e. The minimum atomic E-state index is 0.0148. The van der Waals surface area contributed by atoms with E-state index < -0.39 is 0 Å². The molecule has 1 N–H and O–H groups in total. The molecule has 0 aliphatic rings. The van der Waals surface area contributed by atoms with Crippen LogP contribution in [0.2, 0.25) is 0 Å². The quantitative estimate of drug-likeness (QED) is 0.775. The summed E-state index contributed by atoms with van der Waals surface area (Å²) >= 11 is 0. The van der Waals surface area contributed by atoms with Crippen molar-refractivity contribution >= 4 is 5.78 Å². The van der Waals surface area contributed by atoms with E-state index >= 15 is 0 Å². The number of hydrogen-bond acceptors (Lipinski definition) is 2. The van der Waals surface area contributed by atoms with Crippen molar-refractivity contribution in [2.45, 2.75) is 26.7 Å². The molecule has 20 heavy (non-hydrogen) atoms. The highest BCUT2D eigenvalue weighted by Crippen LogP contribution is 2.19. The number of nitrogens with one attached hydrogen (secondary N) is 1. The molecular formula is C16H17N3O. The molecular weight excluding hydrogens is 250 g/mol. The van der Waals surface area contributed by atoms with E-state index in [0.717, 1.165) is 22.5 Å².